The van der Waals surface area contributed by atoms with Gasteiger partial charge in [0.1, 0.15) is 5.75 Å². The van der Waals surface area contributed by atoms with Crippen LogP contribution >= 0.6 is 11.6 Å². The van der Waals surface area contributed by atoms with Crippen LogP contribution in [0.5, 0.6) is 5.75 Å². The third-order valence-electron chi connectivity index (χ3n) is 3.00. The monoisotopic (exact) mass is 305 g/mol. The van der Waals surface area contributed by atoms with Gasteiger partial charge in [-0.2, -0.15) is 0 Å². The number of anilines is 1. The highest BCUT2D eigenvalue weighted by molar-refractivity contribution is 6.36. The number of aryl methyl sites for hydroxylation is 1. The van der Waals surface area contributed by atoms with Gasteiger partial charge in [-0.15, -0.1) is 0 Å². The minimum absolute atomic E-state index is 0.100. The Morgan fingerprint density at radius 3 is 2.62 bits per heavy atom. The Balaban J connectivity index is 1.95. The van der Waals surface area contributed by atoms with E-state index in [1.54, 1.807) is 24.5 Å². The highest BCUT2D eigenvalue weighted by Crippen LogP contribution is 2.32. The summed E-state index contributed by atoms with van der Waals surface area (Å²) in [5, 5.41) is 0.159. The van der Waals surface area contributed by atoms with Crippen molar-refractivity contribution in [3.8, 4) is 5.75 Å². The topological polar surface area (TPSA) is 91.2 Å². The van der Waals surface area contributed by atoms with E-state index in [9.17, 15) is 4.79 Å². The SMILES string of the molecule is NC(=O)c1c(N)ccc(OCCCc2ccncc2)c1Cl. The fourth-order valence-electron chi connectivity index (χ4n) is 1.94. The van der Waals surface area contributed by atoms with E-state index in [-0.39, 0.29) is 16.3 Å². The first kappa shape index (κ1) is 15.1. The molecule has 1 heterocycles. The van der Waals surface area contributed by atoms with Crippen molar-refractivity contribution in [1.82, 2.24) is 4.98 Å². The summed E-state index contributed by atoms with van der Waals surface area (Å²) in [7, 11) is 0. The van der Waals surface area contributed by atoms with Gasteiger partial charge in [-0.3, -0.25) is 9.78 Å². The van der Waals surface area contributed by atoms with Gasteiger partial charge in [-0.1, -0.05) is 11.6 Å². The smallest absolute Gasteiger partial charge is 0.252 e. The number of hydrogen-bond donors (Lipinski definition) is 2. The number of carbonyl (C=O) groups is 1. The molecule has 1 aromatic heterocycles. The van der Waals surface area contributed by atoms with Crippen LogP contribution in [0.1, 0.15) is 22.3 Å². The summed E-state index contributed by atoms with van der Waals surface area (Å²) in [5.41, 5.74) is 12.5. The van der Waals surface area contributed by atoms with Crippen LogP contribution in [-0.4, -0.2) is 17.5 Å². The van der Waals surface area contributed by atoms with Gasteiger partial charge in [-0.25, -0.2) is 0 Å². The molecule has 21 heavy (non-hydrogen) atoms. The Hall–Kier alpha value is -2.27. The molecular formula is C15H16ClN3O2. The molecule has 0 fully saturated rings. The van der Waals surface area contributed by atoms with Crippen molar-refractivity contribution in [1.29, 1.82) is 0 Å². The second-order valence-electron chi connectivity index (χ2n) is 4.51. The van der Waals surface area contributed by atoms with Crippen LogP contribution in [0.25, 0.3) is 0 Å². The highest BCUT2D eigenvalue weighted by Gasteiger charge is 2.15. The third kappa shape index (κ3) is 3.86. The van der Waals surface area contributed by atoms with Crippen LogP contribution < -0.4 is 16.2 Å². The Labute approximate surface area is 127 Å². The summed E-state index contributed by atoms with van der Waals surface area (Å²) in [6, 6.07) is 7.11. The number of aromatic nitrogens is 1. The minimum Gasteiger partial charge on any atom is -0.492 e. The van der Waals surface area contributed by atoms with E-state index in [2.05, 4.69) is 4.98 Å². The molecule has 5 nitrogen and oxygen atoms in total. The number of nitrogens with zero attached hydrogens (tertiary/aromatic N) is 1. The maximum Gasteiger partial charge on any atom is 0.252 e. The molecule has 1 amide bonds. The molecule has 4 N–H and O–H groups in total. The number of amides is 1. The first-order valence-corrected chi connectivity index (χ1v) is 6.87. The van der Waals surface area contributed by atoms with Crippen LogP contribution in [0, 0.1) is 0 Å². The molecule has 2 rings (SSSR count). The molecular weight excluding hydrogens is 290 g/mol. The van der Waals surface area contributed by atoms with Gasteiger partial charge in [0.25, 0.3) is 5.91 Å². The van der Waals surface area contributed by atoms with Crippen LogP contribution in [0.4, 0.5) is 5.69 Å². The largest absolute Gasteiger partial charge is 0.492 e. The normalized spacial score (nSPS) is 10.3. The van der Waals surface area contributed by atoms with Crippen molar-refractivity contribution in [3.63, 3.8) is 0 Å². The molecule has 0 saturated heterocycles. The summed E-state index contributed by atoms with van der Waals surface area (Å²) in [4.78, 5) is 15.3. The number of hydrogen-bond acceptors (Lipinski definition) is 4. The van der Waals surface area contributed by atoms with E-state index < -0.39 is 5.91 Å². The highest BCUT2D eigenvalue weighted by atomic mass is 35.5. The van der Waals surface area contributed by atoms with E-state index in [1.165, 1.54) is 5.56 Å². The molecule has 0 aliphatic rings. The van der Waals surface area contributed by atoms with E-state index >= 15 is 0 Å². The zero-order valence-corrected chi connectivity index (χ0v) is 12.1. The van der Waals surface area contributed by atoms with Gasteiger partial charge >= 0.3 is 0 Å². The molecule has 0 saturated carbocycles. The van der Waals surface area contributed by atoms with Crippen LogP contribution in [0.2, 0.25) is 5.02 Å². The molecule has 110 valence electrons. The standard InChI is InChI=1S/C15H16ClN3O2/c16-14-12(4-3-11(17)13(14)15(18)20)21-9-1-2-10-5-7-19-8-6-10/h3-8H,1-2,9,17H2,(H2,18,20). The molecule has 0 aliphatic heterocycles. The second-order valence-corrected chi connectivity index (χ2v) is 4.89. The number of ether oxygens (including phenoxy) is 1. The van der Waals surface area contributed by atoms with Crippen molar-refractivity contribution >= 4 is 23.2 Å². The lowest BCUT2D eigenvalue weighted by molar-refractivity contribution is 0.100. The summed E-state index contributed by atoms with van der Waals surface area (Å²) in [6.45, 7) is 0.476. The molecule has 0 bridgehead atoms. The Morgan fingerprint density at radius 2 is 1.95 bits per heavy atom. The van der Waals surface area contributed by atoms with Crippen molar-refractivity contribution in [2.75, 3.05) is 12.3 Å². The number of primary amides is 1. The van der Waals surface area contributed by atoms with E-state index in [0.29, 0.717) is 12.4 Å². The lowest BCUT2D eigenvalue weighted by Gasteiger charge is -2.11. The lowest BCUT2D eigenvalue weighted by Crippen LogP contribution is -2.15. The quantitative estimate of drug-likeness (QED) is 0.633. The third-order valence-corrected chi connectivity index (χ3v) is 3.38. The first-order chi connectivity index (χ1) is 10.1. The predicted octanol–water partition coefficient (Wildman–Crippen LogP) is 2.43. The van der Waals surface area contributed by atoms with Gasteiger partial charge in [0, 0.05) is 18.1 Å². The molecule has 6 heteroatoms. The Kier molecular flexibility index (Phi) is 5.00. The number of carbonyl (C=O) groups excluding carboxylic acids is 1. The number of pyridine rings is 1. The molecule has 2 aromatic rings. The number of halogens is 1. The van der Waals surface area contributed by atoms with Gasteiger partial charge in [-0.05, 0) is 42.7 Å². The van der Waals surface area contributed by atoms with Crippen LogP contribution in [0.3, 0.4) is 0 Å². The fourth-order valence-corrected chi connectivity index (χ4v) is 2.26. The molecule has 0 radical (unpaired) electrons. The number of rotatable bonds is 6. The maximum atomic E-state index is 11.3. The van der Waals surface area contributed by atoms with Gasteiger partial charge in [0.05, 0.1) is 17.2 Å². The summed E-state index contributed by atoms with van der Waals surface area (Å²) < 4.78 is 5.59. The molecule has 0 spiro atoms. The van der Waals surface area contributed by atoms with Gasteiger partial charge < -0.3 is 16.2 Å². The Bertz CT molecular complexity index is 632. The molecule has 0 aliphatic carbocycles. The van der Waals surface area contributed by atoms with Crippen molar-refractivity contribution in [2.24, 2.45) is 5.73 Å². The summed E-state index contributed by atoms with van der Waals surface area (Å²) in [5.74, 6) is -0.255. The first-order valence-electron chi connectivity index (χ1n) is 6.49. The maximum absolute atomic E-state index is 11.3. The van der Waals surface area contributed by atoms with Crippen molar-refractivity contribution in [3.05, 3.63) is 52.8 Å². The molecule has 1 aromatic carbocycles. The average Bonchev–Trinajstić information content (AvgIpc) is 2.46. The summed E-state index contributed by atoms with van der Waals surface area (Å²) in [6.07, 6.45) is 5.20. The Morgan fingerprint density at radius 1 is 1.24 bits per heavy atom. The second kappa shape index (κ2) is 6.95. The van der Waals surface area contributed by atoms with Gasteiger partial charge in [0.15, 0.2) is 0 Å². The van der Waals surface area contributed by atoms with Crippen LogP contribution in [0.15, 0.2) is 36.7 Å². The minimum atomic E-state index is -0.667. The van der Waals surface area contributed by atoms with E-state index in [1.807, 2.05) is 12.1 Å². The van der Waals surface area contributed by atoms with E-state index in [4.69, 9.17) is 27.8 Å². The molecule has 0 unspecified atom stereocenters. The predicted molar refractivity (Wildman–Crippen MR) is 82.4 cm³/mol. The summed E-state index contributed by atoms with van der Waals surface area (Å²) >= 11 is 6.09. The lowest BCUT2D eigenvalue weighted by atomic mass is 10.1. The number of nitrogen functional groups attached to an aromatic ring is 1. The average molecular weight is 306 g/mol. The molecule has 0 atom stereocenters. The van der Waals surface area contributed by atoms with Gasteiger partial charge in [0.2, 0.25) is 0 Å². The number of benzene rings is 1. The number of nitrogens with two attached hydrogens (primary N) is 2. The fraction of sp³-hybridized carbons (Fsp3) is 0.200. The zero-order chi connectivity index (χ0) is 15.2. The zero-order valence-electron chi connectivity index (χ0n) is 11.4. The van der Waals surface area contributed by atoms with E-state index in [0.717, 1.165) is 12.8 Å². The van der Waals surface area contributed by atoms with Crippen molar-refractivity contribution < 1.29 is 9.53 Å². The van der Waals surface area contributed by atoms with Crippen LogP contribution in [-0.2, 0) is 6.42 Å². The van der Waals surface area contributed by atoms with Crippen molar-refractivity contribution in [2.45, 2.75) is 12.8 Å².